The minimum absolute atomic E-state index is 0.0888. The van der Waals surface area contributed by atoms with E-state index in [0.29, 0.717) is 0 Å². The quantitative estimate of drug-likeness (QED) is 0.483. The average Bonchev–Trinajstić information content (AvgIpc) is 2.55. The van der Waals surface area contributed by atoms with Gasteiger partial charge in [0.25, 0.3) is 5.91 Å². The standard InChI is InChI=1S/C18H16NO3/c1-22-18(21)16(12-14-8-4-2-5-9-14)19-17(20)13-15-10-6-3-7-11-15/h2-8,10-11H,12-13H2,1H3/q-1. The molecule has 0 atom stereocenters. The number of carbonyl (C=O) groups excluding carboxylic acids is 2. The molecule has 4 heteroatoms. The maximum atomic E-state index is 12.0. The third-order valence-corrected chi connectivity index (χ3v) is 3.01. The molecule has 0 bridgehead atoms. The van der Waals surface area contributed by atoms with Gasteiger partial charge in [-0.25, -0.2) is 9.79 Å². The van der Waals surface area contributed by atoms with E-state index < -0.39 is 5.97 Å². The highest BCUT2D eigenvalue weighted by molar-refractivity contribution is 6.38. The number of benzene rings is 2. The molecule has 0 spiro atoms. The zero-order valence-electron chi connectivity index (χ0n) is 12.3. The lowest BCUT2D eigenvalue weighted by Gasteiger charge is -2.08. The Morgan fingerprint density at radius 3 is 2.41 bits per heavy atom. The molecule has 0 radical (unpaired) electrons. The highest BCUT2D eigenvalue weighted by atomic mass is 16.5. The van der Waals surface area contributed by atoms with Crippen molar-refractivity contribution in [3.05, 3.63) is 71.8 Å². The van der Waals surface area contributed by atoms with Crippen molar-refractivity contribution in [2.75, 3.05) is 7.11 Å². The van der Waals surface area contributed by atoms with Gasteiger partial charge in [-0.1, -0.05) is 30.3 Å². The number of esters is 1. The second kappa shape index (κ2) is 7.88. The fraction of sp³-hybridized carbons (Fsp3) is 0.167. The molecule has 0 aliphatic heterocycles. The van der Waals surface area contributed by atoms with Crippen molar-refractivity contribution in [1.29, 1.82) is 0 Å². The molecule has 2 rings (SSSR count). The molecule has 22 heavy (non-hydrogen) atoms. The number of nitrogens with zero attached hydrogens (tertiary/aromatic N) is 1. The molecule has 0 saturated heterocycles. The first-order valence-corrected chi connectivity index (χ1v) is 6.87. The van der Waals surface area contributed by atoms with Gasteiger partial charge >= 0.3 is 5.97 Å². The van der Waals surface area contributed by atoms with Crippen molar-refractivity contribution in [2.24, 2.45) is 4.99 Å². The molecule has 0 heterocycles. The summed E-state index contributed by atoms with van der Waals surface area (Å²) in [6.45, 7) is 0. The van der Waals surface area contributed by atoms with Crippen LogP contribution in [0.25, 0.3) is 0 Å². The second-order valence-electron chi connectivity index (χ2n) is 4.67. The van der Waals surface area contributed by atoms with Crippen LogP contribution in [0.2, 0.25) is 0 Å². The van der Waals surface area contributed by atoms with Crippen LogP contribution in [-0.2, 0) is 27.2 Å². The lowest BCUT2D eigenvalue weighted by atomic mass is 10.1. The summed E-state index contributed by atoms with van der Waals surface area (Å²) in [5.41, 5.74) is 1.72. The van der Waals surface area contributed by atoms with Gasteiger partial charge in [0.05, 0.1) is 13.5 Å². The number of hydrogen-bond donors (Lipinski definition) is 0. The van der Waals surface area contributed by atoms with E-state index in [-0.39, 0.29) is 24.5 Å². The molecule has 0 aliphatic carbocycles. The molecule has 2 aromatic rings. The zero-order chi connectivity index (χ0) is 15.8. The predicted molar refractivity (Wildman–Crippen MR) is 83.6 cm³/mol. The summed E-state index contributed by atoms with van der Waals surface area (Å²) in [7, 11) is 1.27. The van der Waals surface area contributed by atoms with Gasteiger partial charge in [-0.05, 0) is 12.0 Å². The van der Waals surface area contributed by atoms with E-state index in [9.17, 15) is 9.59 Å². The second-order valence-corrected chi connectivity index (χ2v) is 4.67. The van der Waals surface area contributed by atoms with Crippen LogP contribution in [0.5, 0.6) is 0 Å². The Labute approximate surface area is 129 Å². The van der Waals surface area contributed by atoms with Gasteiger partial charge in [0.15, 0.2) is 0 Å². The van der Waals surface area contributed by atoms with E-state index in [2.05, 4.69) is 11.1 Å². The van der Waals surface area contributed by atoms with Gasteiger partial charge in [0.2, 0.25) is 0 Å². The molecule has 0 unspecified atom stereocenters. The first-order valence-electron chi connectivity index (χ1n) is 6.87. The molecule has 112 valence electrons. The van der Waals surface area contributed by atoms with Crippen LogP contribution in [0.1, 0.15) is 11.1 Å². The Morgan fingerprint density at radius 1 is 1.05 bits per heavy atom. The Bertz CT molecular complexity index is 663. The molecule has 0 fully saturated rings. The third-order valence-electron chi connectivity index (χ3n) is 3.01. The lowest BCUT2D eigenvalue weighted by Crippen LogP contribution is -2.20. The van der Waals surface area contributed by atoms with Crippen molar-refractivity contribution in [3.63, 3.8) is 0 Å². The number of ether oxygens (including phenoxy) is 1. The number of amides is 1. The molecule has 0 aliphatic rings. The summed E-state index contributed by atoms with van der Waals surface area (Å²) >= 11 is 0. The van der Waals surface area contributed by atoms with Crippen LogP contribution in [0.3, 0.4) is 0 Å². The molecule has 2 aromatic carbocycles. The molecule has 0 saturated carbocycles. The number of carbonyl (C=O) groups is 2. The summed E-state index contributed by atoms with van der Waals surface area (Å²) in [6.07, 6.45) is 0.369. The van der Waals surface area contributed by atoms with E-state index in [4.69, 9.17) is 4.74 Å². The molecular weight excluding hydrogens is 278 g/mol. The van der Waals surface area contributed by atoms with E-state index >= 15 is 0 Å². The summed E-state index contributed by atoms with van der Waals surface area (Å²) in [5, 5.41) is 0. The largest absolute Gasteiger partial charge is 0.465 e. The van der Waals surface area contributed by atoms with Crippen LogP contribution >= 0.6 is 0 Å². The Morgan fingerprint density at radius 2 is 1.77 bits per heavy atom. The number of aliphatic imine (C=N–C) groups is 1. The lowest BCUT2D eigenvalue weighted by molar-refractivity contribution is -0.133. The first-order chi connectivity index (χ1) is 10.7. The number of hydrogen-bond acceptors (Lipinski definition) is 3. The minimum atomic E-state index is -0.598. The van der Waals surface area contributed by atoms with Crippen LogP contribution in [0.4, 0.5) is 0 Å². The van der Waals surface area contributed by atoms with Gasteiger partial charge in [-0.15, -0.1) is 0 Å². The van der Waals surface area contributed by atoms with Gasteiger partial charge in [-0.2, -0.15) is 35.9 Å². The maximum absolute atomic E-state index is 12.0. The Kier molecular flexibility index (Phi) is 5.60. The molecule has 0 aromatic heterocycles. The highest BCUT2D eigenvalue weighted by Crippen LogP contribution is 2.05. The van der Waals surface area contributed by atoms with Gasteiger partial charge in [0.1, 0.15) is 5.71 Å². The fourth-order valence-corrected chi connectivity index (χ4v) is 1.96. The van der Waals surface area contributed by atoms with Crippen molar-refractivity contribution >= 4 is 17.6 Å². The van der Waals surface area contributed by atoms with Gasteiger partial charge < -0.3 is 4.74 Å². The van der Waals surface area contributed by atoms with Crippen molar-refractivity contribution in [1.82, 2.24) is 0 Å². The molecular formula is C18H16NO3-. The van der Waals surface area contributed by atoms with Crippen LogP contribution in [0, 0.1) is 6.07 Å². The zero-order valence-corrected chi connectivity index (χ0v) is 12.3. The van der Waals surface area contributed by atoms with E-state index in [1.165, 1.54) is 7.11 Å². The van der Waals surface area contributed by atoms with Crippen LogP contribution < -0.4 is 0 Å². The highest BCUT2D eigenvalue weighted by Gasteiger charge is 2.13. The molecule has 4 nitrogen and oxygen atoms in total. The van der Waals surface area contributed by atoms with Crippen molar-refractivity contribution in [3.8, 4) is 0 Å². The predicted octanol–water partition coefficient (Wildman–Crippen LogP) is 2.41. The van der Waals surface area contributed by atoms with Gasteiger partial charge in [-0.3, -0.25) is 4.79 Å². The first kappa shape index (κ1) is 15.6. The fourth-order valence-electron chi connectivity index (χ4n) is 1.96. The Balaban J connectivity index is 2.14. The third kappa shape index (κ3) is 4.66. The van der Waals surface area contributed by atoms with Crippen molar-refractivity contribution in [2.45, 2.75) is 12.8 Å². The Hall–Kier alpha value is -2.75. The number of methoxy groups -OCH3 is 1. The average molecular weight is 294 g/mol. The van der Waals surface area contributed by atoms with Crippen molar-refractivity contribution < 1.29 is 14.3 Å². The van der Waals surface area contributed by atoms with E-state index in [0.717, 1.165) is 11.1 Å². The molecule has 1 amide bonds. The maximum Gasteiger partial charge on any atom is 0.352 e. The summed E-state index contributed by atoms with van der Waals surface area (Å²) in [5.74, 6) is -0.971. The summed E-state index contributed by atoms with van der Waals surface area (Å²) in [6, 6.07) is 19.5. The van der Waals surface area contributed by atoms with Gasteiger partial charge in [0, 0.05) is 0 Å². The monoisotopic (exact) mass is 294 g/mol. The smallest absolute Gasteiger partial charge is 0.352 e. The normalized spacial score (nSPS) is 11.0. The number of rotatable bonds is 5. The minimum Gasteiger partial charge on any atom is -0.465 e. The topological polar surface area (TPSA) is 55.7 Å². The SMILES string of the molecule is COC(=O)C(Cc1[c-]cccc1)=NC(=O)Cc1ccccc1. The summed E-state index contributed by atoms with van der Waals surface area (Å²) in [4.78, 5) is 27.7. The van der Waals surface area contributed by atoms with Crippen LogP contribution in [-0.4, -0.2) is 24.7 Å². The van der Waals surface area contributed by atoms with E-state index in [1.54, 1.807) is 6.07 Å². The molecule has 0 N–H and O–H groups in total. The van der Waals surface area contributed by atoms with Crippen LogP contribution in [0.15, 0.2) is 59.6 Å². The summed E-state index contributed by atoms with van der Waals surface area (Å²) < 4.78 is 4.70. The van der Waals surface area contributed by atoms with E-state index in [1.807, 2.05) is 48.5 Å².